The van der Waals surface area contributed by atoms with Crippen LogP contribution < -0.4 is 10.1 Å². The fourth-order valence-corrected chi connectivity index (χ4v) is 3.10. The van der Waals surface area contributed by atoms with Gasteiger partial charge in [0.05, 0.1) is 31.2 Å². The fraction of sp³-hybridized carbons (Fsp3) is 0.167. The number of nitrogens with one attached hydrogen (secondary N) is 1. The predicted molar refractivity (Wildman–Crippen MR) is 115 cm³/mol. The maximum absolute atomic E-state index is 12.9. The third-order valence-electron chi connectivity index (χ3n) is 4.76. The van der Waals surface area contributed by atoms with E-state index in [4.69, 9.17) is 10.00 Å². The normalized spacial score (nSPS) is 11.3. The first kappa shape index (κ1) is 21.5. The second-order valence-corrected chi connectivity index (χ2v) is 6.97. The summed E-state index contributed by atoms with van der Waals surface area (Å²) in [4.78, 5) is 28.7. The molecule has 31 heavy (non-hydrogen) atoms. The molecule has 3 rings (SSSR count). The Morgan fingerprint density at radius 2 is 1.77 bits per heavy atom. The van der Waals surface area contributed by atoms with Gasteiger partial charge in [0.2, 0.25) is 0 Å². The number of pyridine rings is 1. The molecule has 0 radical (unpaired) electrons. The summed E-state index contributed by atoms with van der Waals surface area (Å²) < 4.78 is 5.37. The molecule has 7 heteroatoms. The number of methoxy groups -OCH3 is 1. The number of aromatic nitrogens is 1. The van der Waals surface area contributed by atoms with Crippen molar-refractivity contribution in [2.24, 2.45) is 0 Å². The Morgan fingerprint density at radius 3 is 2.35 bits per heavy atom. The molecule has 0 aliphatic rings. The molecule has 0 spiro atoms. The van der Waals surface area contributed by atoms with Gasteiger partial charge in [-0.15, -0.1) is 0 Å². The van der Waals surface area contributed by atoms with Crippen LogP contribution in [0.3, 0.4) is 0 Å². The summed E-state index contributed by atoms with van der Waals surface area (Å²) in [6.45, 7) is 1.93. The lowest BCUT2D eigenvalue weighted by atomic mass is 10.0. The van der Waals surface area contributed by atoms with Gasteiger partial charge in [0.1, 0.15) is 17.1 Å². The number of hydrogen-bond donors (Lipinski definition) is 2. The number of amides is 1. The highest BCUT2D eigenvalue weighted by Gasteiger charge is 2.21. The number of ether oxygens (including phenoxy) is 1. The molecule has 0 saturated heterocycles. The van der Waals surface area contributed by atoms with Crippen LogP contribution in [0.15, 0.2) is 60.7 Å². The van der Waals surface area contributed by atoms with Crippen molar-refractivity contribution in [3.8, 4) is 23.1 Å². The van der Waals surface area contributed by atoms with Gasteiger partial charge in [-0.25, -0.2) is 4.98 Å². The lowest BCUT2D eigenvalue weighted by Crippen LogP contribution is -2.30. The Hall–Kier alpha value is -4.18. The Bertz CT molecular complexity index is 1130. The van der Waals surface area contributed by atoms with Gasteiger partial charge in [-0.1, -0.05) is 42.0 Å². The number of nitriles is 1. The number of carbonyl (C=O) groups is 2. The lowest BCUT2D eigenvalue weighted by molar-refractivity contribution is -0.137. The smallest absolute Gasteiger partial charge is 0.305 e. The molecule has 0 bridgehead atoms. The van der Waals surface area contributed by atoms with Crippen LogP contribution in [0.5, 0.6) is 5.75 Å². The summed E-state index contributed by atoms with van der Waals surface area (Å²) in [6, 6.07) is 18.6. The van der Waals surface area contributed by atoms with Gasteiger partial charge in [0, 0.05) is 5.56 Å². The van der Waals surface area contributed by atoms with Crippen LogP contribution in [-0.4, -0.2) is 29.1 Å². The Balaban J connectivity index is 1.91. The van der Waals surface area contributed by atoms with Crippen LogP contribution in [0.25, 0.3) is 11.3 Å². The summed E-state index contributed by atoms with van der Waals surface area (Å²) in [6.07, 6.45) is -0.257. The molecule has 2 aromatic carbocycles. The molecule has 1 heterocycles. The zero-order valence-electron chi connectivity index (χ0n) is 17.1. The second kappa shape index (κ2) is 9.55. The molecule has 1 amide bonds. The molecule has 1 aromatic heterocycles. The second-order valence-electron chi connectivity index (χ2n) is 6.97. The molecular formula is C24H21N3O4. The number of carboxylic acid groups (broad SMARTS) is 1. The number of nitrogens with zero attached hydrogens (tertiary/aromatic N) is 2. The number of hydrogen-bond acceptors (Lipinski definition) is 5. The molecular weight excluding hydrogens is 394 g/mol. The minimum Gasteiger partial charge on any atom is -0.494 e. The number of benzene rings is 2. The molecule has 3 aromatic rings. The van der Waals surface area contributed by atoms with Crippen LogP contribution >= 0.6 is 0 Å². The van der Waals surface area contributed by atoms with Crippen molar-refractivity contribution >= 4 is 11.9 Å². The van der Waals surface area contributed by atoms with E-state index < -0.39 is 17.9 Å². The van der Waals surface area contributed by atoms with Gasteiger partial charge in [0.15, 0.2) is 0 Å². The molecule has 0 aliphatic carbocycles. The van der Waals surface area contributed by atoms with E-state index in [2.05, 4.69) is 16.4 Å². The summed E-state index contributed by atoms with van der Waals surface area (Å²) in [5.41, 5.74) is 3.50. The van der Waals surface area contributed by atoms with E-state index in [1.165, 1.54) is 13.2 Å². The molecule has 7 nitrogen and oxygen atoms in total. The zero-order chi connectivity index (χ0) is 22.4. The predicted octanol–water partition coefficient (Wildman–Crippen LogP) is 3.88. The van der Waals surface area contributed by atoms with Gasteiger partial charge in [-0.3, -0.25) is 9.59 Å². The van der Waals surface area contributed by atoms with E-state index in [0.29, 0.717) is 28.1 Å². The SMILES string of the molecule is COc1ccc(C(=O)NC(CC(=O)O)c2ccc(C)cc2)nc1-c1ccc(C#N)cc1. The first-order valence-electron chi connectivity index (χ1n) is 9.56. The molecule has 0 fully saturated rings. The van der Waals surface area contributed by atoms with Crippen molar-refractivity contribution in [2.75, 3.05) is 7.11 Å². The minimum atomic E-state index is -1.02. The van der Waals surface area contributed by atoms with Crippen LogP contribution in [0.1, 0.15) is 39.6 Å². The van der Waals surface area contributed by atoms with Gasteiger partial charge >= 0.3 is 5.97 Å². The van der Waals surface area contributed by atoms with Crippen molar-refractivity contribution in [3.05, 3.63) is 83.0 Å². The average molecular weight is 415 g/mol. The Kier molecular flexibility index (Phi) is 6.63. The average Bonchev–Trinajstić information content (AvgIpc) is 2.78. The largest absolute Gasteiger partial charge is 0.494 e. The van der Waals surface area contributed by atoms with Crippen LogP contribution in [0, 0.1) is 18.3 Å². The summed E-state index contributed by atoms with van der Waals surface area (Å²) in [7, 11) is 1.50. The summed E-state index contributed by atoms with van der Waals surface area (Å²) >= 11 is 0. The summed E-state index contributed by atoms with van der Waals surface area (Å²) in [5, 5.41) is 21.0. The van der Waals surface area contributed by atoms with Crippen molar-refractivity contribution in [3.63, 3.8) is 0 Å². The number of rotatable bonds is 7. The molecule has 2 N–H and O–H groups in total. The molecule has 156 valence electrons. The van der Waals surface area contributed by atoms with Crippen LogP contribution in [0.2, 0.25) is 0 Å². The first-order valence-corrected chi connectivity index (χ1v) is 9.56. The number of aryl methyl sites for hydroxylation is 1. The van der Waals surface area contributed by atoms with E-state index >= 15 is 0 Å². The lowest BCUT2D eigenvalue weighted by Gasteiger charge is -2.18. The van der Waals surface area contributed by atoms with E-state index in [1.807, 2.05) is 19.1 Å². The van der Waals surface area contributed by atoms with E-state index in [9.17, 15) is 14.7 Å². The highest BCUT2D eigenvalue weighted by Crippen LogP contribution is 2.28. The van der Waals surface area contributed by atoms with E-state index in [0.717, 1.165) is 5.56 Å². The van der Waals surface area contributed by atoms with Gasteiger partial charge in [-0.2, -0.15) is 5.26 Å². The van der Waals surface area contributed by atoms with Crippen molar-refractivity contribution < 1.29 is 19.4 Å². The van der Waals surface area contributed by atoms with Crippen molar-refractivity contribution in [1.82, 2.24) is 10.3 Å². The van der Waals surface area contributed by atoms with Gasteiger partial charge < -0.3 is 15.2 Å². The molecule has 1 unspecified atom stereocenters. The monoisotopic (exact) mass is 415 g/mol. The Morgan fingerprint density at radius 1 is 1.10 bits per heavy atom. The van der Waals surface area contributed by atoms with Crippen LogP contribution in [0.4, 0.5) is 0 Å². The van der Waals surface area contributed by atoms with E-state index in [1.54, 1.807) is 42.5 Å². The van der Waals surface area contributed by atoms with E-state index in [-0.39, 0.29) is 12.1 Å². The van der Waals surface area contributed by atoms with Gasteiger partial charge in [0.25, 0.3) is 5.91 Å². The Labute approximate surface area is 179 Å². The maximum Gasteiger partial charge on any atom is 0.305 e. The molecule has 0 saturated carbocycles. The maximum atomic E-state index is 12.9. The minimum absolute atomic E-state index is 0.127. The first-order chi connectivity index (χ1) is 14.9. The number of aliphatic carboxylic acids is 1. The summed E-state index contributed by atoms with van der Waals surface area (Å²) in [5.74, 6) is -1.04. The number of carbonyl (C=O) groups excluding carboxylic acids is 1. The topological polar surface area (TPSA) is 112 Å². The quantitative estimate of drug-likeness (QED) is 0.606. The number of carboxylic acids is 1. The molecule has 0 aliphatic heterocycles. The third kappa shape index (κ3) is 5.25. The van der Waals surface area contributed by atoms with Crippen LogP contribution in [-0.2, 0) is 4.79 Å². The van der Waals surface area contributed by atoms with Gasteiger partial charge in [-0.05, 0) is 36.8 Å². The highest BCUT2D eigenvalue weighted by atomic mass is 16.5. The molecule has 1 atom stereocenters. The standard InChI is InChI=1S/C24H21N3O4/c1-15-3-7-17(8-4-15)20(13-22(28)29)27-24(30)19-11-12-21(31-2)23(26-19)18-9-5-16(14-25)6-10-18/h3-12,20H,13H2,1-2H3,(H,27,30)(H,28,29). The zero-order valence-corrected chi connectivity index (χ0v) is 17.1. The van der Waals surface area contributed by atoms with Crippen molar-refractivity contribution in [2.45, 2.75) is 19.4 Å². The highest BCUT2D eigenvalue weighted by molar-refractivity contribution is 5.93. The van der Waals surface area contributed by atoms with Crippen molar-refractivity contribution in [1.29, 1.82) is 5.26 Å². The third-order valence-corrected chi connectivity index (χ3v) is 4.76. The fourth-order valence-electron chi connectivity index (χ4n) is 3.10.